The van der Waals surface area contributed by atoms with E-state index in [1.54, 1.807) is 0 Å². The quantitative estimate of drug-likeness (QED) is 0.559. The molecule has 2 N–H and O–H groups in total. The smallest absolute Gasteiger partial charge is 0.242 e. The van der Waals surface area contributed by atoms with Crippen LogP contribution in [-0.4, -0.2) is 42.7 Å². The predicted octanol–water partition coefficient (Wildman–Crippen LogP) is -0.988. The molecular weight excluding hydrogens is 232 g/mol. The van der Waals surface area contributed by atoms with Gasteiger partial charge >= 0.3 is 0 Å². The number of nitrogens with one attached hydrogen (secondary N) is 2. The molecule has 2 fully saturated rings. The average molecular weight is 246 g/mol. The van der Waals surface area contributed by atoms with Crippen LogP contribution >= 0.6 is 12.6 Å². The number of hydrogen-bond donors (Lipinski definition) is 3. The van der Waals surface area contributed by atoms with Crippen LogP contribution in [0.25, 0.3) is 0 Å². The van der Waals surface area contributed by atoms with E-state index in [-0.39, 0.29) is 18.2 Å². The van der Waals surface area contributed by atoms with Gasteiger partial charge in [-0.05, 0) is 6.42 Å². The summed E-state index contributed by atoms with van der Waals surface area (Å²) in [6.07, 6.45) is 0.603. The molecule has 2 aliphatic rings. The number of ether oxygens (including phenoxy) is 2. The van der Waals surface area contributed by atoms with Crippen LogP contribution in [0.15, 0.2) is 0 Å². The molecule has 6 nitrogen and oxygen atoms in total. The van der Waals surface area contributed by atoms with Gasteiger partial charge in [-0.1, -0.05) is 0 Å². The fourth-order valence-corrected chi connectivity index (χ4v) is 2.05. The van der Waals surface area contributed by atoms with Crippen LogP contribution in [0.3, 0.4) is 0 Å². The molecule has 0 spiro atoms. The van der Waals surface area contributed by atoms with E-state index in [1.807, 2.05) is 0 Å². The average Bonchev–Trinajstić information content (AvgIpc) is 2.77. The van der Waals surface area contributed by atoms with Crippen molar-refractivity contribution in [2.75, 3.05) is 19.8 Å². The lowest BCUT2D eigenvalue weighted by molar-refractivity contribution is -0.136. The summed E-state index contributed by atoms with van der Waals surface area (Å²) in [5.41, 5.74) is 0. The van der Waals surface area contributed by atoms with Crippen molar-refractivity contribution in [1.29, 1.82) is 0 Å². The molecule has 2 aliphatic heterocycles. The molecule has 7 heteroatoms. The Balaban J connectivity index is 1.82. The van der Waals surface area contributed by atoms with Crippen molar-refractivity contribution < 1.29 is 19.1 Å². The zero-order valence-corrected chi connectivity index (χ0v) is 9.59. The summed E-state index contributed by atoms with van der Waals surface area (Å²) in [6, 6.07) is -0.439. The lowest BCUT2D eigenvalue weighted by atomic mass is 10.2. The third-order valence-corrected chi connectivity index (χ3v) is 2.92. The highest BCUT2D eigenvalue weighted by Gasteiger charge is 2.36. The normalized spacial score (nSPS) is 27.8. The minimum Gasteiger partial charge on any atom is -0.354 e. The van der Waals surface area contributed by atoms with Gasteiger partial charge in [0.1, 0.15) is 6.04 Å². The van der Waals surface area contributed by atoms with Crippen molar-refractivity contribution >= 4 is 24.4 Å². The molecule has 16 heavy (non-hydrogen) atoms. The van der Waals surface area contributed by atoms with E-state index >= 15 is 0 Å². The highest BCUT2D eigenvalue weighted by Crippen LogP contribution is 2.27. The Hall–Kier alpha value is -0.790. The second kappa shape index (κ2) is 4.60. The predicted molar refractivity (Wildman–Crippen MR) is 57.8 cm³/mol. The first kappa shape index (κ1) is 11.7. The molecule has 0 aliphatic carbocycles. The number of amides is 2. The van der Waals surface area contributed by atoms with Crippen LogP contribution in [0.4, 0.5) is 0 Å². The molecule has 2 rings (SSSR count). The van der Waals surface area contributed by atoms with Gasteiger partial charge in [0.05, 0.1) is 19.6 Å². The van der Waals surface area contributed by atoms with Crippen LogP contribution in [-0.2, 0) is 19.1 Å². The maximum Gasteiger partial charge on any atom is 0.242 e. The monoisotopic (exact) mass is 246 g/mol. The van der Waals surface area contributed by atoms with Crippen molar-refractivity contribution in [2.24, 2.45) is 0 Å². The Morgan fingerprint density at radius 3 is 2.81 bits per heavy atom. The Bertz CT molecular complexity index is 304. The molecule has 0 aromatic heterocycles. The van der Waals surface area contributed by atoms with E-state index in [0.29, 0.717) is 26.2 Å². The third kappa shape index (κ3) is 2.66. The first-order valence-electron chi connectivity index (χ1n) is 5.16. The molecule has 2 saturated heterocycles. The Labute approximate surface area is 98.5 Å². The molecule has 0 bridgehead atoms. The van der Waals surface area contributed by atoms with Crippen LogP contribution in [0, 0.1) is 0 Å². The fraction of sp³-hybridized carbons (Fsp3) is 0.778. The van der Waals surface area contributed by atoms with Crippen LogP contribution in [0.2, 0.25) is 0 Å². The summed E-state index contributed by atoms with van der Waals surface area (Å²) in [7, 11) is 0. The maximum absolute atomic E-state index is 11.6. The largest absolute Gasteiger partial charge is 0.354 e. The van der Waals surface area contributed by atoms with Gasteiger partial charge in [0, 0.05) is 6.54 Å². The summed E-state index contributed by atoms with van der Waals surface area (Å²) >= 11 is 4.13. The highest BCUT2D eigenvalue weighted by molar-refractivity contribution is 7.81. The molecule has 2 heterocycles. The van der Waals surface area contributed by atoms with Crippen LogP contribution in [0.1, 0.15) is 12.8 Å². The fourth-order valence-electron chi connectivity index (χ4n) is 1.73. The lowest BCUT2D eigenvalue weighted by Crippen LogP contribution is -2.43. The number of carbonyl (C=O) groups is 2. The zero-order chi connectivity index (χ0) is 11.6. The molecule has 0 unspecified atom stereocenters. The summed E-state index contributed by atoms with van der Waals surface area (Å²) in [5.74, 6) is -0.436. The first-order valence-corrected chi connectivity index (χ1v) is 5.61. The molecular formula is C9H14N2O4S. The number of thiol groups is 1. The van der Waals surface area contributed by atoms with Crippen molar-refractivity contribution in [1.82, 2.24) is 10.6 Å². The summed E-state index contributed by atoms with van der Waals surface area (Å²) < 4.78 is 10.4. The molecule has 0 aromatic carbocycles. The zero-order valence-electron chi connectivity index (χ0n) is 8.69. The van der Waals surface area contributed by atoms with E-state index in [0.717, 1.165) is 0 Å². The Morgan fingerprint density at radius 1 is 1.56 bits per heavy atom. The second-order valence-corrected chi connectivity index (χ2v) is 4.47. The number of carbonyl (C=O) groups excluding carboxylic acids is 2. The molecule has 90 valence electrons. The standard InChI is InChI=1S/C9H14N2O4S/c12-7(5-9(16)14-3-4-15-9)11-6-1-2-10-8(6)13/h6,16H,1-5H2,(H,10,13)(H,11,12)/t6-/m0/s1. The van der Waals surface area contributed by atoms with E-state index < -0.39 is 11.2 Å². The minimum absolute atomic E-state index is 0.0140. The van der Waals surface area contributed by atoms with Gasteiger partial charge in [-0.2, -0.15) is 0 Å². The van der Waals surface area contributed by atoms with Gasteiger partial charge in [-0.3, -0.25) is 9.59 Å². The number of rotatable bonds is 3. The molecule has 0 radical (unpaired) electrons. The van der Waals surface area contributed by atoms with E-state index in [1.165, 1.54) is 0 Å². The second-order valence-electron chi connectivity index (χ2n) is 3.79. The summed E-state index contributed by atoms with van der Waals surface area (Å²) in [6.45, 7) is 1.46. The topological polar surface area (TPSA) is 76.7 Å². The highest BCUT2D eigenvalue weighted by atomic mass is 32.1. The third-order valence-electron chi connectivity index (χ3n) is 2.51. The van der Waals surface area contributed by atoms with Gasteiger partial charge in [-0.15, -0.1) is 12.6 Å². The maximum atomic E-state index is 11.6. The van der Waals surface area contributed by atoms with Crippen molar-refractivity contribution in [3.05, 3.63) is 0 Å². The summed E-state index contributed by atoms with van der Waals surface area (Å²) in [5, 5.41) is 4.12. The molecule has 2 amide bonds. The Kier molecular flexibility index (Phi) is 3.36. The van der Waals surface area contributed by atoms with Crippen molar-refractivity contribution in [2.45, 2.75) is 24.0 Å². The van der Waals surface area contributed by atoms with E-state index in [4.69, 9.17) is 9.47 Å². The van der Waals surface area contributed by atoms with E-state index in [9.17, 15) is 9.59 Å². The lowest BCUT2D eigenvalue weighted by Gasteiger charge is -2.21. The van der Waals surface area contributed by atoms with Gasteiger partial charge in [-0.25, -0.2) is 0 Å². The molecule has 0 aromatic rings. The minimum atomic E-state index is -1.14. The number of hydrogen-bond acceptors (Lipinski definition) is 5. The van der Waals surface area contributed by atoms with Gasteiger partial charge < -0.3 is 20.1 Å². The van der Waals surface area contributed by atoms with Crippen LogP contribution in [0.5, 0.6) is 0 Å². The van der Waals surface area contributed by atoms with Crippen molar-refractivity contribution in [3.8, 4) is 0 Å². The van der Waals surface area contributed by atoms with Crippen molar-refractivity contribution in [3.63, 3.8) is 0 Å². The van der Waals surface area contributed by atoms with E-state index in [2.05, 4.69) is 23.3 Å². The Morgan fingerprint density at radius 2 is 2.25 bits per heavy atom. The van der Waals surface area contributed by atoms with Gasteiger partial charge in [0.2, 0.25) is 16.9 Å². The van der Waals surface area contributed by atoms with Crippen LogP contribution < -0.4 is 10.6 Å². The van der Waals surface area contributed by atoms with Gasteiger partial charge in [0.25, 0.3) is 0 Å². The van der Waals surface area contributed by atoms with Gasteiger partial charge in [0.15, 0.2) is 0 Å². The SMILES string of the molecule is O=C(CC1(S)OCCO1)N[C@H]1CCNC1=O. The first-order chi connectivity index (χ1) is 7.59. The summed E-state index contributed by atoms with van der Waals surface area (Å²) in [4.78, 5) is 22.8. The molecule has 1 atom stereocenters. The molecule has 0 saturated carbocycles.